The summed E-state index contributed by atoms with van der Waals surface area (Å²) < 4.78 is 60.3. The summed E-state index contributed by atoms with van der Waals surface area (Å²) in [6, 6.07) is 0. The van der Waals surface area contributed by atoms with Crippen LogP contribution in [0.1, 0.15) is 7.85 Å². The summed E-state index contributed by atoms with van der Waals surface area (Å²) in [6.45, 7) is 1.26. The smallest absolute Gasteiger partial charge is 1.00 e. The first-order valence-corrected chi connectivity index (χ1v) is 7.09. The van der Waals surface area contributed by atoms with Gasteiger partial charge in [-0.15, -0.1) is 0 Å². The van der Waals surface area contributed by atoms with Gasteiger partial charge in [0, 0.05) is 11.8 Å². The number of alkyl halides is 1. The van der Waals surface area contributed by atoms with Gasteiger partial charge < -0.3 is 21.5 Å². The molecule has 0 amide bonds. The first kappa shape index (κ1) is 22.1. The summed E-state index contributed by atoms with van der Waals surface area (Å²) in [5.74, 6) is 0. The van der Waals surface area contributed by atoms with E-state index in [4.69, 9.17) is 0 Å². The fourth-order valence-electron chi connectivity index (χ4n) is 0.534. The third kappa shape index (κ3) is 82.4. The van der Waals surface area contributed by atoms with E-state index in [-0.39, 0.29) is 18.4 Å². The normalized spacial score (nSPS) is 16.1. The van der Waals surface area contributed by atoms with Crippen molar-refractivity contribution in [2.45, 2.75) is 6.42 Å². The van der Waals surface area contributed by atoms with E-state index in [2.05, 4.69) is 37.1 Å². The molecule has 0 aromatic rings. The maximum atomic E-state index is 9.87. The molecule has 0 rings (SSSR count). The Morgan fingerprint density at radius 1 is 1.00 bits per heavy atom. The predicted octanol–water partition coefficient (Wildman–Crippen LogP) is 1.98. The number of hydrogen-bond donors (Lipinski definition) is 0. The van der Waals surface area contributed by atoms with Gasteiger partial charge in [-0.05, 0) is 0 Å². The zero-order valence-corrected chi connectivity index (χ0v) is 13.1. The van der Waals surface area contributed by atoms with E-state index in [1.54, 1.807) is 0 Å². The largest absolute Gasteiger partial charge is 1.00 e. The standard InChI is InChI=1S/C6H15BrN.BrH.F6P/c1-8(2,3)6-4-5-7;;1-7(2,3,4,5)6/h4-6H2,1-3H3;1H;/q+1;;-1. The van der Waals surface area contributed by atoms with E-state index in [0.29, 0.717) is 0 Å². The zero-order valence-electron chi connectivity index (χ0n) is 10.0. The molecule has 0 aliphatic carbocycles. The summed E-state index contributed by atoms with van der Waals surface area (Å²) in [5, 5.41) is 1.13. The fourth-order valence-corrected chi connectivity index (χ4v) is 0.785. The van der Waals surface area contributed by atoms with Crippen LogP contribution in [-0.4, -0.2) is 37.5 Å². The molecule has 0 unspecified atom stereocenters. The van der Waals surface area contributed by atoms with Crippen molar-refractivity contribution in [2.75, 3.05) is 33.0 Å². The average molecular weight is 407 g/mol. The summed E-state index contributed by atoms with van der Waals surface area (Å²) in [7, 11) is -4.02. The van der Waals surface area contributed by atoms with Crippen molar-refractivity contribution in [3.05, 3.63) is 0 Å². The van der Waals surface area contributed by atoms with Crippen LogP contribution in [0.15, 0.2) is 0 Å². The van der Waals surface area contributed by atoms with Crippen LogP contribution >= 0.6 is 23.7 Å². The molecule has 0 bridgehead atoms. The zero-order chi connectivity index (χ0) is 13.0. The second-order valence-corrected chi connectivity index (χ2v) is 6.72. The molecule has 0 heterocycles. The van der Waals surface area contributed by atoms with Crippen molar-refractivity contribution in [3.8, 4) is 0 Å². The number of nitrogens with zero attached hydrogens (tertiary/aromatic N) is 1. The Bertz CT molecular complexity index is 188. The minimum Gasteiger partial charge on any atom is -1.00 e. The number of hydrogen-bond acceptors (Lipinski definition) is 0. The Hall–Kier alpha value is 0.930. The number of halogens is 8. The Kier molecular flexibility index (Phi) is 7.91. The summed E-state index contributed by atoms with van der Waals surface area (Å²) in [5.41, 5.74) is 0. The molecule has 0 aliphatic rings. The molecular formula is C6H16Br2F6NP. The van der Waals surface area contributed by atoms with Gasteiger partial charge in [-0.1, -0.05) is 15.9 Å². The molecule has 106 valence electrons. The van der Waals surface area contributed by atoms with Gasteiger partial charge >= 0.3 is 34.4 Å². The van der Waals surface area contributed by atoms with E-state index < -0.39 is 7.81 Å². The molecule has 0 aromatic heterocycles. The van der Waals surface area contributed by atoms with Crippen molar-refractivity contribution in [3.63, 3.8) is 0 Å². The average Bonchev–Trinajstić information content (AvgIpc) is 1.73. The van der Waals surface area contributed by atoms with Crippen LogP contribution in [-0.2, 0) is 0 Å². The molecule has 0 N–H and O–H groups in total. The van der Waals surface area contributed by atoms with E-state index in [9.17, 15) is 25.2 Å². The minimum atomic E-state index is -10.7. The third-order valence-corrected chi connectivity index (χ3v) is 1.52. The fraction of sp³-hybridized carbons (Fsp3) is 1.00. The van der Waals surface area contributed by atoms with Crippen LogP contribution in [0.4, 0.5) is 25.2 Å². The molecule has 0 saturated heterocycles. The van der Waals surface area contributed by atoms with Gasteiger partial charge in [0.1, 0.15) is 0 Å². The van der Waals surface area contributed by atoms with Gasteiger partial charge in [-0.25, -0.2) is 0 Å². The molecule has 0 atom stereocenters. The number of rotatable bonds is 3. The monoisotopic (exact) mass is 405 g/mol. The van der Waals surface area contributed by atoms with Crippen LogP contribution in [0, 0.1) is 0 Å². The van der Waals surface area contributed by atoms with Gasteiger partial charge in [0.25, 0.3) is 0 Å². The van der Waals surface area contributed by atoms with Gasteiger partial charge in [-0.3, -0.25) is 0 Å². The van der Waals surface area contributed by atoms with Gasteiger partial charge in [0.2, 0.25) is 0 Å². The van der Waals surface area contributed by atoms with Gasteiger partial charge in [0.05, 0.1) is 27.7 Å². The SMILES string of the molecule is C[N+](C)(C)CCCBr.F[P-](F)(F)(F)(F)F.[Br-].[H+]. The molecule has 0 radical (unpaired) electrons. The van der Waals surface area contributed by atoms with E-state index in [0.717, 1.165) is 9.81 Å². The predicted molar refractivity (Wildman–Crippen MR) is 56.0 cm³/mol. The van der Waals surface area contributed by atoms with Crippen LogP contribution in [0.25, 0.3) is 0 Å². The first-order chi connectivity index (χ1) is 6.01. The molecular weight excluding hydrogens is 391 g/mol. The van der Waals surface area contributed by atoms with Crippen molar-refractivity contribution >= 4 is 23.7 Å². The molecule has 16 heavy (non-hydrogen) atoms. The maximum Gasteiger partial charge on any atom is 1.00 e. The van der Waals surface area contributed by atoms with Crippen LogP contribution in [0.2, 0.25) is 0 Å². The Morgan fingerprint density at radius 2 is 1.25 bits per heavy atom. The second kappa shape index (κ2) is 5.71. The van der Waals surface area contributed by atoms with Crippen LogP contribution in [0.5, 0.6) is 0 Å². The van der Waals surface area contributed by atoms with Crippen LogP contribution in [0.3, 0.4) is 0 Å². The third-order valence-electron chi connectivity index (χ3n) is 0.963. The van der Waals surface area contributed by atoms with Crippen molar-refractivity contribution in [1.82, 2.24) is 0 Å². The molecule has 0 aromatic carbocycles. The molecule has 0 fully saturated rings. The minimum absolute atomic E-state index is 0. The summed E-state index contributed by atoms with van der Waals surface area (Å²) in [4.78, 5) is 0. The molecule has 0 aliphatic heterocycles. The van der Waals surface area contributed by atoms with Gasteiger partial charge in [0.15, 0.2) is 0 Å². The quantitative estimate of drug-likeness (QED) is 0.291. The Morgan fingerprint density at radius 3 is 1.31 bits per heavy atom. The first-order valence-electron chi connectivity index (χ1n) is 3.94. The second-order valence-electron chi connectivity index (χ2n) is 4.01. The van der Waals surface area contributed by atoms with Gasteiger partial charge in [-0.2, -0.15) is 0 Å². The van der Waals surface area contributed by atoms with Crippen molar-refractivity contribution in [2.24, 2.45) is 0 Å². The molecule has 1 nitrogen and oxygen atoms in total. The summed E-state index contributed by atoms with van der Waals surface area (Å²) >= 11 is 3.39. The van der Waals surface area contributed by atoms with Crippen LogP contribution < -0.4 is 17.0 Å². The van der Waals surface area contributed by atoms with E-state index in [1.807, 2.05) is 0 Å². The molecule has 0 saturated carbocycles. The topological polar surface area (TPSA) is 0 Å². The Labute approximate surface area is 111 Å². The number of quaternary nitrogens is 1. The molecule has 10 heteroatoms. The van der Waals surface area contributed by atoms with Crippen molar-refractivity contribution < 1.29 is 48.1 Å². The summed E-state index contributed by atoms with van der Waals surface area (Å²) in [6.07, 6.45) is 1.27. The maximum absolute atomic E-state index is 10.7. The van der Waals surface area contributed by atoms with E-state index in [1.165, 1.54) is 13.0 Å². The molecule has 0 spiro atoms. The van der Waals surface area contributed by atoms with Crippen molar-refractivity contribution in [1.29, 1.82) is 0 Å². The Balaban J connectivity index is -0.0000000896. The van der Waals surface area contributed by atoms with E-state index >= 15 is 0 Å².